The van der Waals surface area contributed by atoms with Gasteiger partial charge in [-0.15, -0.1) is 0 Å². The van der Waals surface area contributed by atoms with Crippen LogP contribution in [-0.4, -0.2) is 29.6 Å². The van der Waals surface area contributed by atoms with Crippen LogP contribution in [0.4, 0.5) is 5.82 Å². The molecule has 8 heteroatoms. The maximum Gasteiger partial charge on any atom is 0.204 e. The van der Waals surface area contributed by atoms with Crippen LogP contribution in [0, 0.1) is 11.8 Å². The predicted octanol–water partition coefficient (Wildman–Crippen LogP) is 2.04. The van der Waals surface area contributed by atoms with Crippen molar-refractivity contribution in [2.24, 2.45) is 0 Å². The Balaban J connectivity index is 1.85. The van der Waals surface area contributed by atoms with Crippen molar-refractivity contribution in [2.45, 2.75) is 26.0 Å². The van der Waals surface area contributed by atoms with E-state index >= 15 is 0 Å². The number of pyridine rings is 3. The number of aliphatic hydroxyl groups is 1. The SMILES string of the molecule is CCn1c(N)c(-c2ncc[nH]2)c(=O)c2ccc(C#C[C@](C)(O)c3ccccn3)nc21. The maximum absolute atomic E-state index is 13.1. The molecule has 0 aliphatic rings. The molecule has 8 nitrogen and oxygen atoms in total. The van der Waals surface area contributed by atoms with E-state index in [4.69, 9.17) is 5.73 Å². The zero-order valence-electron chi connectivity index (χ0n) is 16.5. The van der Waals surface area contributed by atoms with Crippen molar-refractivity contribution in [1.82, 2.24) is 24.5 Å². The second-order valence-electron chi connectivity index (χ2n) is 6.88. The summed E-state index contributed by atoms with van der Waals surface area (Å²) in [6, 6.07) is 8.57. The molecule has 0 amide bonds. The van der Waals surface area contributed by atoms with Crippen LogP contribution >= 0.6 is 0 Å². The number of hydrogen-bond donors (Lipinski definition) is 3. The van der Waals surface area contributed by atoms with E-state index in [1.54, 1.807) is 60.4 Å². The molecule has 0 saturated carbocycles. The van der Waals surface area contributed by atoms with Gasteiger partial charge in [0.25, 0.3) is 0 Å². The molecule has 0 aliphatic heterocycles. The van der Waals surface area contributed by atoms with Crippen LogP contribution in [0.15, 0.2) is 53.7 Å². The molecule has 0 aliphatic carbocycles. The highest BCUT2D eigenvalue weighted by Crippen LogP contribution is 2.24. The number of aromatic amines is 1. The first-order valence-electron chi connectivity index (χ1n) is 9.42. The van der Waals surface area contributed by atoms with E-state index in [0.29, 0.717) is 40.4 Å². The van der Waals surface area contributed by atoms with Gasteiger partial charge in [0.05, 0.1) is 11.1 Å². The van der Waals surface area contributed by atoms with Crippen molar-refractivity contribution in [3.63, 3.8) is 0 Å². The van der Waals surface area contributed by atoms with Crippen LogP contribution in [-0.2, 0) is 12.1 Å². The molecule has 4 rings (SSSR count). The molecule has 4 heterocycles. The lowest BCUT2D eigenvalue weighted by atomic mass is 10.0. The van der Waals surface area contributed by atoms with Crippen molar-refractivity contribution in [2.75, 3.05) is 5.73 Å². The first kappa shape index (κ1) is 19.4. The van der Waals surface area contributed by atoms with Gasteiger partial charge in [0, 0.05) is 25.1 Å². The molecule has 0 fully saturated rings. The van der Waals surface area contributed by atoms with E-state index in [0.717, 1.165) is 0 Å². The van der Waals surface area contributed by atoms with Gasteiger partial charge >= 0.3 is 0 Å². The molecular weight excluding hydrogens is 380 g/mol. The lowest BCUT2D eigenvalue weighted by molar-refractivity contribution is 0.117. The van der Waals surface area contributed by atoms with Gasteiger partial charge in [-0.3, -0.25) is 9.78 Å². The van der Waals surface area contributed by atoms with Crippen molar-refractivity contribution in [3.8, 4) is 23.2 Å². The van der Waals surface area contributed by atoms with Gasteiger partial charge < -0.3 is 20.4 Å². The van der Waals surface area contributed by atoms with Crippen molar-refractivity contribution < 1.29 is 5.11 Å². The van der Waals surface area contributed by atoms with Gasteiger partial charge in [0.2, 0.25) is 5.43 Å². The Labute approximate surface area is 172 Å². The van der Waals surface area contributed by atoms with Crippen LogP contribution in [0.2, 0.25) is 0 Å². The monoisotopic (exact) mass is 400 g/mol. The number of hydrogen-bond acceptors (Lipinski definition) is 6. The Morgan fingerprint density at radius 1 is 1.23 bits per heavy atom. The van der Waals surface area contributed by atoms with Gasteiger partial charge in [-0.05, 0) is 44.0 Å². The summed E-state index contributed by atoms with van der Waals surface area (Å²) in [6.07, 6.45) is 4.80. The summed E-state index contributed by atoms with van der Waals surface area (Å²) in [6.45, 7) is 3.99. The third-order valence-corrected chi connectivity index (χ3v) is 4.80. The largest absolute Gasteiger partial charge is 0.384 e. The molecule has 4 aromatic rings. The van der Waals surface area contributed by atoms with Crippen LogP contribution < -0.4 is 11.2 Å². The average Bonchev–Trinajstić information content (AvgIpc) is 3.27. The van der Waals surface area contributed by atoms with Crippen molar-refractivity contribution in [3.05, 3.63) is 70.5 Å². The average molecular weight is 400 g/mol. The molecule has 1 atom stereocenters. The lowest BCUT2D eigenvalue weighted by Gasteiger charge is -2.15. The summed E-state index contributed by atoms with van der Waals surface area (Å²) in [7, 11) is 0. The number of aromatic nitrogens is 5. The normalized spacial score (nSPS) is 12.9. The molecular formula is C22H20N6O2. The van der Waals surface area contributed by atoms with Gasteiger partial charge in [-0.2, -0.15) is 0 Å². The number of anilines is 1. The summed E-state index contributed by atoms with van der Waals surface area (Å²) >= 11 is 0. The zero-order chi connectivity index (χ0) is 21.3. The van der Waals surface area contributed by atoms with E-state index in [-0.39, 0.29) is 11.2 Å². The first-order valence-corrected chi connectivity index (χ1v) is 9.42. The molecule has 0 spiro atoms. The smallest absolute Gasteiger partial charge is 0.204 e. The minimum atomic E-state index is -1.44. The Kier molecular flexibility index (Phi) is 4.82. The fraction of sp³-hybridized carbons (Fsp3) is 0.182. The molecule has 30 heavy (non-hydrogen) atoms. The molecule has 0 aromatic carbocycles. The van der Waals surface area contributed by atoms with Gasteiger partial charge in [0.1, 0.15) is 28.5 Å². The van der Waals surface area contributed by atoms with E-state index in [1.807, 2.05) is 6.92 Å². The molecule has 0 radical (unpaired) electrons. The topological polar surface area (TPSA) is 123 Å². The number of H-pyrrole nitrogens is 1. The van der Waals surface area contributed by atoms with Crippen LogP contribution in [0.5, 0.6) is 0 Å². The molecule has 0 unspecified atom stereocenters. The van der Waals surface area contributed by atoms with Crippen LogP contribution in [0.3, 0.4) is 0 Å². The zero-order valence-corrected chi connectivity index (χ0v) is 16.5. The highest BCUT2D eigenvalue weighted by Gasteiger charge is 2.22. The van der Waals surface area contributed by atoms with Crippen LogP contribution in [0.25, 0.3) is 22.4 Å². The van der Waals surface area contributed by atoms with Gasteiger partial charge in [-0.1, -0.05) is 12.0 Å². The second kappa shape index (κ2) is 7.46. The summed E-state index contributed by atoms with van der Waals surface area (Å²) in [4.78, 5) is 28.8. The molecule has 4 aromatic heterocycles. The minimum absolute atomic E-state index is 0.255. The van der Waals surface area contributed by atoms with Crippen molar-refractivity contribution in [1.29, 1.82) is 0 Å². The number of nitrogens with zero attached hydrogens (tertiary/aromatic N) is 4. The molecule has 0 bridgehead atoms. The first-order chi connectivity index (χ1) is 14.4. The fourth-order valence-corrected chi connectivity index (χ4v) is 3.25. The quantitative estimate of drug-likeness (QED) is 0.452. The Hall–Kier alpha value is -3.96. The Morgan fingerprint density at radius 2 is 2.07 bits per heavy atom. The van der Waals surface area contributed by atoms with E-state index in [2.05, 4.69) is 31.8 Å². The standard InChI is InChI=1S/C22H20N6O2/c1-3-28-19(23)17(20-25-12-13-26-20)18(29)15-8-7-14(27-21(15)28)9-10-22(2,30)16-6-4-5-11-24-16/h4-8,11-13,30H,3,23H2,1-2H3,(H,25,26)/t22-/m0/s1. The highest BCUT2D eigenvalue weighted by molar-refractivity contribution is 5.86. The Morgan fingerprint density at radius 3 is 2.73 bits per heavy atom. The van der Waals surface area contributed by atoms with E-state index in [1.165, 1.54) is 0 Å². The third-order valence-electron chi connectivity index (χ3n) is 4.80. The van der Waals surface area contributed by atoms with Crippen molar-refractivity contribution >= 4 is 16.9 Å². The summed E-state index contributed by atoms with van der Waals surface area (Å²) < 4.78 is 1.75. The number of aryl methyl sites for hydroxylation is 1. The van der Waals surface area contributed by atoms with E-state index in [9.17, 15) is 9.90 Å². The molecule has 4 N–H and O–H groups in total. The lowest BCUT2D eigenvalue weighted by Crippen LogP contribution is -2.20. The van der Waals surface area contributed by atoms with Gasteiger partial charge in [-0.25, -0.2) is 9.97 Å². The highest BCUT2D eigenvalue weighted by atomic mass is 16.3. The number of rotatable bonds is 3. The maximum atomic E-state index is 13.1. The Bertz CT molecular complexity index is 1330. The van der Waals surface area contributed by atoms with Crippen LogP contribution in [0.1, 0.15) is 25.2 Å². The number of nitrogens with one attached hydrogen (secondary N) is 1. The molecule has 0 saturated heterocycles. The predicted molar refractivity (Wildman–Crippen MR) is 114 cm³/mol. The summed E-state index contributed by atoms with van der Waals surface area (Å²) in [5, 5.41) is 11.1. The number of fused-ring (bicyclic) bond motifs is 1. The van der Waals surface area contributed by atoms with E-state index < -0.39 is 5.60 Å². The minimum Gasteiger partial charge on any atom is -0.384 e. The number of nitrogen functional groups attached to an aromatic ring is 1. The molecule has 150 valence electrons. The fourth-order valence-electron chi connectivity index (χ4n) is 3.25. The summed E-state index contributed by atoms with van der Waals surface area (Å²) in [5.41, 5.74) is 6.20. The van der Waals surface area contributed by atoms with Gasteiger partial charge in [0.15, 0.2) is 5.60 Å². The third kappa shape index (κ3) is 3.32. The number of nitrogens with two attached hydrogens (primary N) is 1. The summed E-state index contributed by atoms with van der Waals surface area (Å²) in [5.74, 6) is 6.38. The number of imidazole rings is 1. The second-order valence-corrected chi connectivity index (χ2v) is 6.88.